The molecule has 1 rings (SSSR count). The molecule has 0 aromatic carbocycles. The highest BCUT2D eigenvalue weighted by Gasteiger charge is 2.44. The van der Waals surface area contributed by atoms with Crippen LogP contribution in [0.2, 0.25) is 0 Å². The summed E-state index contributed by atoms with van der Waals surface area (Å²) in [5, 5.41) is 54.3. The van der Waals surface area contributed by atoms with Crippen LogP contribution >= 0.6 is 0 Å². The zero-order valence-electron chi connectivity index (χ0n) is 37.7. The van der Waals surface area contributed by atoms with Gasteiger partial charge in [-0.05, 0) is 38.5 Å². The second kappa shape index (κ2) is 40.2. The first-order valence-corrected chi connectivity index (χ1v) is 24.3. The number of rotatable bonds is 40. The third kappa shape index (κ3) is 30.8. The van der Waals surface area contributed by atoms with Gasteiger partial charge < -0.3 is 40.3 Å². The molecule has 0 bridgehead atoms. The lowest BCUT2D eigenvalue weighted by Crippen LogP contribution is -2.60. The Morgan fingerprint density at radius 1 is 0.593 bits per heavy atom. The van der Waals surface area contributed by atoms with Crippen molar-refractivity contribution in [2.75, 3.05) is 13.2 Å². The Bertz CT molecular complexity index is 1060. The Labute approximate surface area is 361 Å². The number of ether oxygens (including phenoxy) is 2. The Morgan fingerprint density at radius 2 is 1.02 bits per heavy atom. The van der Waals surface area contributed by atoms with E-state index in [9.17, 15) is 30.3 Å². The fourth-order valence-electron chi connectivity index (χ4n) is 7.58. The molecule has 1 aliphatic rings. The van der Waals surface area contributed by atoms with Crippen molar-refractivity contribution in [1.82, 2.24) is 5.32 Å². The zero-order valence-corrected chi connectivity index (χ0v) is 37.7. The summed E-state index contributed by atoms with van der Waals surface area (Å²) >= 11 is 0. The van der Waals surface area contributed by atoms with Crippen LogP contribution in [0.5, 0.6) is 0 Å². The number of allylic oxidation sites excluding steroid dienone is 8. The number of hydrogen-bond acceptors (Lipinski definition) is 8. The van der Waals surface area contributed by atoms with Crippen molar-refractivity contribution in [3.8, 4) is 0 Å². The van der Waals surface area contributed by atoms with Crippen molar-refractivity contribution >= 4 is 5.91 Å². The number of aliphatic hydroxyl groups excluding tert-OH is 5. The molecule has 0 radical (unpaired) electrons. The van der Waals surface area contributed by atoms with Crippen LogP contribution in [0.25, 0.3) is 0 Å². The summed E-state index contributed by atoms with van der Waals surface area (Å²) in [7, 11) is 0. The summed E-state index contributed by atoms with van der Waals surface area (Å²) < 4.78 is 11.2. The Morgan fingerprint density at radius 3 is 1.46 bits per heavy atom. The second-order valence-corrected chi connectivity index (χ2v) is 16.9. The minimum absolute atomic E-state index is 0.168. The van der Waals surface area contributed by atoms with Crippen LogP contribution in [0.3, 0.4) is 0 Å². The van der Waals surface area contributed by atoms with Gasteiger partial charge in [0.1, 0.15) is 24.4 Å². The fourth-order valence-corrected chi connectivity index (χ4v) is 7.58. The normalized spacial score (nSPS) is 21.1. The smallest absolute Gasteiger partial charge is 0.220 e. The lowest BCUT2D eigenvalue weighted by atomic mass is 9.99. The number of aliphatic hydroxyl groups is 5. The number of unbranched alkanes of at least 4 members (excludes halogenated alkanes) is 22. The van der Waals surface area contributed by atoms with E-state index in [1.54, 1.807) is 0 Å². The molecular weight excluding hydrogens is 743 g/mol. The number of amides is 1. The summed E-state index contributed by atoms with van der Waals surface area (Å²) in [6.07, 6.45) is 44.3. The average Bonchev–Trinajstić information content (AvgIpc) is 3.23. The molecule has 59 heavy (non-hydrogen) atoms. The highest BCUT2D eigenvalue weighted by molar-refractivity contribution is 5.76. The van der Waals surface area contributed by atoms with E-state index in [-0.39, 0.29) is 18.9 Å². The Hall–Kier alpha value is -1.85. The van der Waals surface area contributed by atoms with Crippen LogP contribution in [0.4, 0.5) is 0 Å². The lowest BCUT2D eigenvalue weighted by Gasteiger charge is -2.40. The van der Waals surface area contributed by atoms with Gasteiger partial charge in [0.05, 0.1) is 25.4 Å². The highest BCUT2D eigenvalue weighted by atomic mass is 16.7. The highest BCUT2D eigenvalue weighted by Crippen LogP contribution is 2.23. The third-order valence-corrected chi connectivity index (χ3v) is 11.5. The standard InChI is InChI=1S/C50H91NO8/c1-3-5-7-9-11-13-15-17-18-19-20-21-22-23-24-25-26-28-29-31-33-35-37-39-44(53)43(42-58-50-49(57)48(56)47(55)45(41-52)59-50)51-46(54)40-38-36-34-32-30-27-16-14-12-10-8-6-4-2/h6,8,12,14,27,30,34,36,43-45,47-50,52-53,55-57H,3-5,7,9-11,13,15-26,28-29,31-33,35,37-42H2,1-2H3,(H,51,54)/b8-6-,14-12-,30-27-,36-34-. The van der Waals surface area contributed by atoms with E-state index in [1.807, 2.05) is 12.2 Å². The van der Waals surface area contributed by atoms with Crippen molar-refractivity contribution in [3.63, 3.8) is 0 Å². The van der Waals surface area contributed by atoms with E-state index in [1.165, 1.54) is 128 Å². The molecule has 1 aliphatic heterocycles. The molecule has 344 valence electrons. The molecule has 9 nitrogen and oxygen atoms in total. The average molecular weight is 834 g/mol. The van der Waals surface area contributed by atoms with Gasteiger partial charge in [-0.15, -0.1) is 0 Å². The van der Waals surface area contributed by atoms with Gasteiger partial charge in [-0.3, -0.25) is 4.79 Å². The fraction of sp³-hybridized carbons (Fsp3) is 0.820. The molecule has 7 atom stereocenters. The zero-order chi connectivity index (χ0) is 43.0. The van der Waals surface area contributed by atoms with Crippen LogP contribution in [0.15, 0.2) is 48.6 Å². The van der Waals surface area contributed by atoms with Crippen LogP contribution in [0, 0.1) is 0 Å². The first kappa shape index (κ1) is 55.2. The van der Waals surface area contributed by atoms with Crippen molar-refractivity contribution in [3.05, 3.63) is 48.6 Å². The van der Waals surface area contributed by atoms with Crippen molar-refractivity contribution in [1.29, 1.82) is 0 Å². The van der Waals surface area contributed by atoms with Gasteiger partial charge in [-0.2, -0.15) is 0 Å². The van der Waals surface area contributed by atoms with E-state index in [2.05, 4.69) is 55.6 Å². The first-order chi connectivity index (χ1) is 28.8. The molecule has 9 heteroatoms. The predicted octanol–water partition coefficient (Wildman–Crippen LogP) is 10.6. The van der Waals surface area contributed by atoms with Gasteiger partial charge >= 0.3 is 0 Å². The SMILES string of the molecule is CC/C=C\C/C=C\C/C=C\C/C=C\CCC(=O)NC(COC1OC(CO)C(O)C(O)C1O)C(O)CCCCCCCCCCCCCCCCCCCCCCCCC. The molecular formula is C50H91NO8. The van der Waals surface area contributed by atoms with E-state index in [0.29, 0.717) is 12.8 Å². The van der Waals surface area contributed by atoms with E-state index < -0.39 is 49.5 Å². The number of nitrogens with one attached hydrogen (secondary N) is 1. The molecule has 7 unspecified atom stereocenters. The predicted molar refractivity (Wildman–Crippen MR) is 244 cm³/mol. The first-order valence-electron chi connectivity index (χ1n) is 24.3. The van der Waals surface area contributed by atoms with Gasteiger partial charge in [-0.1, -0.05) is 210 Å². The topological polar surface area (TPSA) is 149 Å². The summed E-state index contributed by atoms with van der Waals surface area (Å²) in [5.41, 5.74) is 0. The van der Waals surface area contributed by atoms with Gasteiger partial charge in [0.15, 0.2) is 6.29 Å². The van der Waals surface area contributed by atoms with Gasteiger partial charge in [0.2, 0.25) is 5.91 Å². The minimum atomic E-state index is -1.57. The monoisotopic (exact) mass is 834 g/mol. The minimum Gasteiger partial charge on any atom is -0.394 e. The summed E-state index contributed by atoms with van der Waals surface area (Å²) in [6, 6.07) is -0.757. The van der Waals surface area contributed by atoms with Crippen LogP contribution < -0.4 is 5.32 Å². The van der Waals surface area contributed by atoms with Crippen LogP contribution in [-0.2, 0) is 14.3 Å². The maximum absolute atomic E-state index is 12.9. The van der Waals surface area contributed by atoms with Gasteiger partial charge in [-0.25, -0.2) is 0 Å². The Balaban J connectivity index is 2.28. The molecule has 0 aliphatic carbocycles. The molecule has 0 aromatic heterocycles. The molecule has 1 saturated heterocycles. The molecule has 0 spiro atoms. The van der Waals surface area contributed by atoms with Gasteiger partial charge in [0.25, 0.3) is 0 Å². The third-order valence-electron chi connectivity index (χ3n) is 11.5. The van der Waals surface area contributed by atoms with E-state index >= 15 is 0 Å². The number of carbonyl (C=O) groups excluding carboxylic acids is 1. The molecule has 0 aromatic rings. The molecule has 1 fully saturated rings. The van der Waals surface area contributed by atoms with Crippen LogP contribution in [-0.4, -0.2) is 87.5 Å². The quantitative estimate of drug-likeness (QED) is 0.0264. The maximum atomic E-state index is 12.9. The number of carbonyl (C=O) groups is 1. The van der Waals surface area contributed by atoms with Crippen LogP contribution in [0.1, 0.15) is 206 Å². The molecule has 0 saturated carbocycles. The van der Waals surface area contributed by atoms with Crippen molar-refractivity contribution in [2.45, 2.75) is 249 Å². The van der Waals surface area contributed by atoms with Gasteiger partial charge in [0, 0.05) is 6.42 Å². The largest absolute Gasteiger partial charge is 0.394 e. The molecule has 1 amide bonds. The van der Waals surface area contributed by atoms with Crippen molar-refractivity contribution in [2.24, 2.45) is 0 Å². The molecule has 1 heterocycles. The molecule has 6 N–H and O–H groups in total. The summed E-state index contributed by atoms with van der Waals surface area (Å²) in [5.74, 6) is -0.224. The maximum Gasteiger partial charge on any atom is 0.220 e. The Kier molecular flexibility index (Phi) is 37.6. The number of hydrogen-bond donors (Lipinski definition) is 6. The van der Waals surface area contributed by atoms with Crippen molar-refractivity contribution < 1.29 is 39.8 Å². The lowest BCUT2D eigenvalue weighted by molar-refractivity contribution is -0.302. The summed E-state index contributed by atoms with van der Waals surface area (Å²) in [4.78, 5) is 12.9. The van der Waals surface area contributed by atoms with E-state index in [4.69, 9.17) is 9.47 Å². The second-order valence-electron chi connectivity index (χ2n) is 16.9. The van der Waals surface area contributed by atoms with E-state index in [0.717, 1.165) is 44.9 Å². The summed E-state index contributed by atoms with van der Waals surface area (Å²) in [6.45, 7) is 3.68.